The molecule has 0 aliphatic carbocycles. The molecule has 1 heterocycles. The van der Waals surface area contributed by atoms with Gasteiger partial charge >= 0.3 is 0 Å². The smallest absolute Gasteiger partial charge is 0.287 e. The van der Waals surface area contributed by atoms with Crippen LogP contribution in [-0.2, 0) is 7.05 Å². The molecule has 0 atom stereocenters. The van der Waals surface area contributed by atoms with Crippen molar-refractivity contribution in [3.8, 4) is 0 Å². The number of aryl methyl sites for hydroxylation is 1. The zero-order valence-corrected chi connectivity index (χ0v) is 7.18. The summed E-state index contributed by atoms with van der Waals surface area (Å²) >= 11 is 0. The first kappa shape index (κ1) is 9.97. The highest BCUT2D eigenvalue weighted by Crippen LogP contribution is 1.91. The van der Waals surface area contributed by atoms with E-state index in [9.17, 15) is 4.79 Å². The number of carbonyl (C=O) groups excluding carboxylic acids is 1. The lowest BCUT2D eigenvalue weighted by molar-refractivity contribution is 0.0950. The molecule has 11 heavy (non-hydrogen) atoms. The normalized spacial score (nSPS) is 8.55. The van der Waals surface area contributed by atoms with Crippen molar-refractivity contribution in [2.45, 2.75) is 0 Å². The van der Waals surface area contributed by atoms with Crippen LogP contribution in [0, 0.1) is 0 Å². The molecule has 0 unspecified atom stereocenters. The van der Waals surface area contributed by atoms with Gasteiger partial charge in [-0.05, 0) is 0 Å². The lowest BCUT2D eigenvalue weighted by Crippen LogP contribution is -2.21. The van der Waals surface area contributed by atoms with Gasteiger partial charge in [0.1, 0.15) is 0 Å². The summed E-state index contributed by atoms with van der Waals surface area (Å²) in [4.78, 5) is 14.7. The summed E-state index contributed by atoms with van der Waals surface area (Å²) in [5.41, 5.74) is 0. The number of aromatic nitrogens is 2. The molecule has 5 heteroatoms. The molecule has 0 spiro atoms. The average Bonchev–Trinajstić information content (AvgIpc) is 2.34. The predicted octanol–water partition coefficient (Wildman–Crippen LogP) is 0.201. The topological polar surface area (TPSA) is 46.9 Å². The lowest BCUT2D eigenvalue weighted by Gasteiger charge is -1.97. The van der Waals surface area contributed by atoms with Crippen molar-refractivity contribution in [3.05, 3.63) is 18.2 Å². The third-order valence-electron chi connectivity index (χ3n) is 1.25. The second kappa shape index (κ2) is 3.98. The number of hydrogen-bond acceptors (Lipinski definition) is 2. The number of carbonyl (C=O) groups is 1. The van der Waals surface area contributed by atoms with Gasteiger partial charge in [0.15, 0.2) is 5.82 Å². The van der Waals surface area contributed by atoms with Gasteiger partial charge in [-0.25, -0.2) is 4.98 Å². The van der Waals surface area contributed by atoms with Crippen molar-refractivity contribution in [2.24, 2.45) is 7.05 Å². The molecule has 4 nitrogen and oxygen atoms in total. The van der Waals surface area contributed by atoms with Gasteiger partial charge in [-0.15, -0.1) is 12.4 Å². The van der Waals surface area contributed by atoms with Crippen LogP contribution in [0.15, 0.2) is 12.4 Å². The maximum atomic E-state index is 10.9. The number of halogens is 1. The number of nitrogens with one attached hydrogen (secondary N) is 1. The molecule has 62 valence electrons. The van der Waals surface area contributed by atoms with Crippen LogP contribution in [0.1, 0.15) is 10.6 Å². The lowest BCUT2D eigenvalue weighted by atomic mass is 10.5. The fourth-order valence-electron chi connectivity index (χ4n) is 0.696. The van der Waals surface area contributed by atoms with Crippen molar-refractivity contribution in [1.82, 2.24) is 14.9 Å². The van der Waals surface area contributed by atoms with Crippen LogP contribution in [0.4, 0.5) is 0 Å². The number of hydrogen-bond donors (Lipinski definition) is 1. The zero-order valence-electron chi connectivity index (χ0n) is 6.37. The molecule has 0 aliphatic rings. The molecule has 0 fully saturated rings. The van der Waals surface area contributed by atoms with Crippen molar-refractivity contribution in [3.63, 3.8) is 0 Å². The van der Waals surface area contributed by atoms with Crippen LogP contribution in [-0.4, -0.2) is 22.5 Å². The van der Waals surface area contributed by atoms with Gasteiger partial charge in [0.05, 0.1) is 0 Å². The first-order valence-corrected chi connectivity index (χ1v) is 2.95. The molecule has 1 N–H and O–H groups in total. The summed E-state index contributed by atoms with van der Waals surface area (Å²) in [6.07, 6.45) is 3.31. The molecule has 0 aliphatic heterocycles. The standard InChI is InChI=1S/C6H9N3O.ClH/c1-7-6(10)5-8-3-4-9(5)2;/h3-4H,1-2H3,(H,7,10);1H. The molecule has 1 aromatic heterocycles. The summed E-state index contributed by atoms with van der Waals surface area (Å²) in [7, 11) is 3.36. The van der Waals surface area contributed by atoms with E-state index < -0.39 is 0 Å². The van der Waals surface area contributed by atoms with Gasteiger partial charge in [0.25, 0.3) is 5.91 Å². The molecule has 0 radical (unpaired) electrons. The Morgan fingerprint density at radius 1 is 1.73 bits per heavy atom. The molecule has 0 saturated heterocycles. The van der Waals surface area contributed by atoms with E-state index in [1.807, 2.05) is 0 Å². The van der Waals surface area contributed by atoms with E-state index in [4.69, 9.17) is 0 Å². The van der Waals surface area contributed by atoms with Gasteiger partial charge in [0, 0.05) is 26.5 Å². The Morgan fingerprint density at radius 2 is 2.36 bits per heavy atom. The minimum atomic E-state index is -0.160. The quantitative estimate of drug-likeness (QED) is 0.663. The Morgan fingerprint density at radius 3 is 2.73 bits per heavy atom. The van der Waals surface area contributed by atoms with E-state index in [0.29, 0.717) is 5.82 Å². The molecule has 0 aromatic carbocycles. The van der Waals surface area contributed by atoms with Crippen LogP contribution in [0.3, 0.4) is 0 Å². The predicted molar refractivity (Wildman–Crippen MR) is 43.8 cm³/mol. The number of imidazole rings is 1. The highest BCUT2D eigenvalue weighted by molar-refractivity contribution is 5.90. The fraction of sp³-hybridized carbons (Fsp3) is 0.333. The fourth-order valence-corrected chi connectivity index (χ4v) is 0.696. The van der Waals surface area contributed by atoms with Gasteiger partial charge < -0.3 is 9.88 Å². The maximum absolute atomic E-state index is 10.9. The number of rotatable bonds is 1. The monoisotopic (exact) mass is 175 g/mol. The SMILES string of the molecule is CNC(=O)c1nccn1C.Cl. The van der Waals surface area contributed by atoms with Crippen molar-refractivity contribution in [2.75, 3.05) is 7.05 Å². The largest absolute Gasteiger partial charge is 0.352 e. The van der Waals surface area contributed by atoms with Gasteiger partial charge in [-0.2, -0.15) is 0 Å². The minimum Gasteiger partial charge on any atom is -0.352 e. The first-order chi connectivity index (χ1) is 4.75. The van der Waals surface area contributed by atoms with Crippen LogP contribution >= 0.6 is 12.4 Å². The van der Waals surface area contributed by atoms with Crippen molar-refractivity contribution in [1.29, 1.82) is 0 Å². The van der Waals surface area contributed by atoms with E-state index in [1.165, 1.54) is 0 Å². The van der Waals surface area contributed by atoms with Crippen LogP contribution in [0.5, 0.6) is 0 Å². The number of nitrogens with zero attached hydrogens (tertiary/aromatic N) is 2. The second-order valence-electron chi connectivity index (χ2n) is 1.94. The van der Waals surface area contributed by atoms with E-state index in [-0.39, 0.29) is 18.3 Å². The summed E-state index contributed by atoms with van der Waals surface area (Å²) in [6.45, 7) is 0. The van der Waals surface area contributed by atoms with Crippen LogP contribution in [0.2, 0.25) is 0 Å². The molecule has 1 rings (SSSR count). The summed E-state index contributed by atoms with van der Waals surface area (Å²) in [6, 6.07) is 0. The van der Waals surface area contributed by atoms with E-state index >= 15 is 0 Å². The summed E-state index contributed by atoms with van der Waals surface area (Å²) in [5, 5.41) is 2.49. The van der Waals surface area contributed by atoms with Gasteiger partial charge in [-0.1, -0.05) is 0 Å². The van der Waals surface area contributed by atoms with Crippen molar-refractivity contribution < 1.29 is 4.79 Å². The molecular weight excluding hydrogens is 166 g/mol. The van der Waals surface area contributed by atoms with Crippen molar-refractivity contribution >= 4 is 18.3 Å². The first-order valence-electron chi connectivity index (χ1n) is 2.95. The third kappa shape index (κ3) is 1.94. The Bertz CT molecular complexity index is 246. The minimum absolute atomic E-state index is 0. The van der Waals surface area contributed by atoms with Crippen LogP contribution in [0.25, 0.3) is 0 Å². The Labute approximate surface area is 71.0 Å². The molecule has 0 saturated carbocycles. The highest BCUT2D eigenvalue weighted by atomic mass is 35.5. The summed E-state index contributed by atoms with van der Waals surface area (Å²) < 4.78 is 1.67. The zero-order chi connectivity index (χ0) is 7.56. The van der Waals surface area contributed by atoms with E-state index in [0.717, 1.165) is 0 Å². The molecule has 1 aromatic rings. The maximum Gasteiger partial charge on any atom is 0.287 e. The molecule has 1 amide bonds. The molecule has 0 bridgehead atoms. The Balaban J connectivity index is 0.000001000. The Kier molecular flexibility index (Phi) is 3.60. The Hall–Kier alpha value is -1.03. The molecular formula is C6H10ClN3O. The average molecular weight is 176 g/mol. The second-order valence-corrected chi connectivity index (χ2v) is 1.94. The summed E-state index contributed by atoms with van der Waals surface area (Å²) in [5.74, 6) is 0.273. The third-order valence-corrected chi connectivity index (χ3v) is 1.25. The van der Waals surface area contributed by atoms with E-state index in [1.54, 1.807) is 31.1 Å². The highest BCUT2D eigenvalue weighted by Gasteiger charge is 2.06. The number of amides is 1. The van der Waals surface area contributed by atoms with E-state index in [2.05, 4.69) is 10.3 Å². The van der Waals surface area contributed by atoms with Crippen LogP contribution < -0.4 is 5.32 Å². The van der Waals surface area contributed by atoms with Gasteiger partial charge in [0.2, 0.25) is 0 Å². The van der Waals surface area contributed by atoms with Gasteiger partial charge in [-0.3, -0.25) is 4.79 Å².